The second-order valence-electron chi connectivity index (χ2n) is 18.9. The number of nitrogens with one attached hydrogen (secondary N) is 3. The average molecular weight is 905 g/mol. The van der Waals surface area contributed by atoms with Crippen LogP contribution in [0.15, 0.2) is 60.9 Å². The van der Waals surface area contributed by atoms with Crippen LogP contribution in [0, 0.1) is 17.7 Å². The average Bonchev–Trinajstić information content (AvgIpc) is 4.13. The van der Waals surface area contributed by atoms with Crippen molar-refractivity contribution >= 4 is 40.3 Å². The van der Waals surface area contributed by atoms with Crippen LogP contribution >= 0.6 is 11.3 Å². The Balaban J connectivity index is 1.05. The zero-order chi connectivity index (χ0) is 46.1. The molecule has 3 aliphatic rings. The molecule has 65 heavy (non-hydrogen) atoms. The number of fused-ring (bicyclic) bond motifs is 5. The number of halogens is 1. The van der Waals surface area contributed by atoms with E-state index in [-0.39, 0.29) is 42.0 Å². The van der Waals surface area contributed by atoms with Crippen molar-refractivity contribution in [3.63, 3.8) is 0 Å². The number of hydrogen-bond donors (Lipinski definition) is 3. The van der Waals surface area contributed by atoms with Gasteiger partial charge in [-0.25, -0.2) is 23.9 Å². The Kier molecular flexibility index (Phi) is 11.5. The quantitative estimate of drug-likeness (QED) is 0.129. The number of rotatable bonds is 9. The minimum atomic E-state index is -0.761. The number of alkyl carbamates (subject to hydrolysis) is 1. The number of methoxy groups -OCH3 is 1. The molecular formula is C49H57FN8O6S. The minimum absolute atomic E-state index is 0.0161. The van der Waals surface area contributed by atoms with E-state index in [9.17, 15) is 14.4 Å². The number of nitrogens with zero attached hydrogens (tertiary/aromatic N) is 5. The first-order chi connectivity index (χ1) is 31.0. The molecule has 0 bridgehead atoms. The van der Waals surface area contributed by atoms with Crippen LogP contribution in [0.3, 0.4) is 0 Å². The SMILES string of the molecule is CCc1ccc(C2Oc3cc(-c4cnc([C@@H]5CCCN5C(=O)[C@@H](NC(=O)OC)C(C)C)[nH]4)cc(F)c3-c3cc4cc(-c5cnc([C@@H]6CC(C)[C@@H](C)N6C(=O)OC(C)(C)C)[nH]5)ccc4n32)s1. The fourth-order valence-electron chi connectivity index (χ4n) is 9.57. The molecule has 2 unspecified atom stereocenters. The molecule has 9 rings (SSSR count). The molecular weight excluding hydrogens is 848 g/mol. The predicted octanol–water partition coefficient (Wildman–Crippen LogP) is 10.5. The molecule has 16 heteroatoms. The Morgan fingerprint density at radius 1 is 0.985 bits per heavy atom. The topological polar surface area (TPSA) is 160 Å². The fourth-order valence-corrected chi connectivity index (χ4v) is 10.5. The number of amides is 3. The van der Waals surface area contributed by atoms with Gasteiger partial charge in [0.15, 0.2) is 0 Å². The van der Waals surface area contributed by atoms with E-state index in [1.54, 1.807) is 22.4 Å². The Morgan fingerprint density at radius 2 is 1.71 bits per heavy atom. The molecule has 2 saturated heterocycles. The highest BCUT2D eigenvalue weighted by Crippen LogP contribution is 2.49. The first kappa shape index (κ1) is 44.1. The van der Waals surface area contributed by atoms with Crippen LogP contribution in [0.25, 0.3) is 44.7 Å². The van der Waals surface area contributed by atoms with Gasteiger partial charge in [0.1, 0.15) is 34.9 Å². The van der Waals surface area contributed by atoms with Crippen molar-refractivity contribution in [3.05, 3.63) is 88.1 Å². The molecule has 0 saturated carbocycles. The van der Waals surface area contributed by atoms with Gasteiger partial charge in [-0.3, -0.25) is 14.3 Å². The van der Waals surface area contributed by atoms with Crippen molar-refractivity contribution in [2.45, 2.75) is 117 Å². The Bertz CT molecular complexity index is 2780. The summed E-state index contributed by atoms with van der Waals surface area (Å²) in [5.41, 5.74) is 4.16. The number of ether oxygens (including phenoxy) is 3. The molecule has 7 heterocycles. The van der Waals surface area contributed by atoms with Crippen molar-refractivity contribution in [1.29, 1.82) is 0 Å². The number of aryl methyl sites for hydroxylation is 1. The summed E-state index contributed by atoms with van der Waals surface area (Å²) >= 11 is 1.67. The van der Waals surface area contributed by atoms with Crippen LogP contribution in [0.4, 0.5) is 14.0 Å². The van der Waals surface area contributed by atoms with E-state index < -0.39 is 29.8 Å². The lowest BCUT2D eigenvalue weighted by Gasteiger charge is -2.31. The minimum Gasteiger partial charge on any atom is -0.464 e. The number of carbonyl (C=O) groups excluding carboxylic acids is 3. The summed E-state index contributed by atoms with van der Waals surface area (Å²) in [7, 11) is 1.27. The van der Waals surface area contributed by atoms with Crippen molar-refractivity contribution in [1.82, 2.24) is 39.6 Å². The summed E-state index contributed by atoms with van der Waals surface area (Å²) in [6, 6.07) is 14.3. The number of hydrogen-bond acceptors (Lipinski definition) is 9. The number of imidazole rings is 2. The highest BCUT2D eigenvalue weighted by atomic mass is 32.1. The third kappa shape index (κ3) is 8.14. The number of aromatic nitrogens is 5. The van der Waals surface area contributed by atoms with Gasteiger partial charge in [-0.1, -0.05) is 33.8 Å². The smallest absolute Gasteiger partial charge is 0.411 e. The first-order valence-electron chi connectivity index (χ1n) is 22.5. The van der Waals surface area contributed by atoms with Gasteiger partial charge >= 0.3 is 12.2 Å². The lowest BCUT2D eigenvalue weighted by Crippen LogP contribution is -2.51. The summed E-state index contributed by atoms with van der Waals surface area (Å²) in [6.45, 7) is 16.2. The number of likely N-dealkylation sites (tertiary alicyclic amines) is 2. The number of carbonyl (C=O) groups is 3. The molecule has 3 N–H and O–H groups in total. The summed E-state index contributed by atoms with van der Waals surface area (Å²) < 4.78 is 36.4. The Labute approximate surface area is 381 Å². The van der Waals surface area contributed by atoms with Crippen molar-refractivity contribution in [2.75, 3.05) is 13.7 Å². The van der Waals surface area contributed by atoms with Gasteiger partial charge in [0.25, 0.3) is 0 Å². The number of thiophene rings is 1. The van der Waals surface area contributed by atoms with Crippen LogP contribution in [-0.4, -0.2) is 83.7 Å². The van der Waals surface area contributed by atoms with E-state index in [4.69, 9.17) is 24.2 Å². The third-order valence-electron chi connectivity index (χ3n) is 13.1. The predicted molar refractivity (Wildman–Crippen MR) is 247 cm³/mol. The highest BCUT2D eigenvalue weighted by Gasteiger charge is 2.44. The van der Waals surface area contributed by atoms with Gasteiger partial charge < -0.3 is 34.4 Å². The van der Waals surface area contributed by atoms with E-state index in [0.29, 0.717) is 52.9 Å². The van der Waals surface area contributed by atoms with Crippen LogP contribution in [0.1, 0.15) is 114 Å². The molecule has 0 spiro atoms. The number of benzene rings is 2. The van der Waals surface area contributed by atoms with Gasteiger partial charge in [0, 0.05) is 34.0 Å². The lowest BCUT2D eigenvalue weighted by atomic mass is 10.0. The molecule has 6 atom stereocenters. The summed E-state index contributed by atoms with van der Waals surface area (Å²) in [4.78, 5) is 61.5. The van der Waals surface area contributed by atoms with E-state index >= 15 is 4.39 Å². The number of H-pyrrole nitrogens is 2. The second-order valence-corrected chi connectivity index (χ2v) is 20.1. The second kappa shape index (κ2) is 17.0. The van der Waals surface area contributed by atoms with E-state index in [0.717, 1.165) is 46.3 Å². The van der Waals surface area contributed by atoms with Crippen LogP contribution in [0.2, 0.25) is 0 Å². The van der Waals surface area contributed by atoms with Crippen LogP contribution < -0.4 is 10.1 Å². The van der Waals surface area contributed by atoms with Crippen molar-refractivity contribution in [3.8, 4) is 39.5 Å². The van der Waals surface area contributed by atoms with Crippen LogP contribution in [0.5, 0.6) is 5.75 Å². The highest BCUT2D eigenvalue weighted by molar-refractivity contribution is 7.12. The number of aromatic amines is 2. The van der Waals surface area contributed by atoms with E-state index in [2.05, 4.69) is 58.8 Å². The molecule has 0 aliphatic carbocycles. The third-order valence-corrected chi connectivity index (χ3v) is 14.3. The maximum absolute atomic E-state index is 16.8. The zero-order valence-electron chi connectivity index (χ0n) is 38.3. The van der Waals surface area contributed by atoms with Crippen LogP contribution in [-0.2, 0) is 20.7 Å². The molecule has 342 valence electrons. The van der Waals surface area contributed by atoms with Crippen molar-refractivity contribution in [2.24, 2.45) is 11.8 Å². The van der Waals surface area contributed by atoms with Gasteiger partial charge in [-0.2, -0.15) is 0 Å². The summed E-state index contributed by atoms with van der Waals surface area (Å²) in [5, 5.41) is 3.59. The molecule has 6 aromatic rings. The standard InChI is InChI=1S/C49H57FN8O6S/c1-10-31-14-16-40(65-31)46-58-35-15-13-28(33-23-52-44(53-33)38-18-26(4)27(5)57(38)48(61)64-49(6,7)8)19-30(35)21-37(58)41-32(50)20-29(22-39(41)63-46)34-24-51-43(54-34)36-12-11-17-56(36)45(59)42(25(2)3)55-47(60)62-9/h13-16,19-27,36,38,42,46H,10-12,17-18H2,1-9H3,(H,51,54)(H,52,53)(H,55,60)/t26?,27-,36+,38+,42+,46?/m1/s1. The first-order valence-corrected chi connectivity index (χ1v) is 23.4. The normalized spacial score (nSPS) is 21.1. The zero-order valence-corrected chi connectivity index (χ0v) is 39.1. The maximum Gasteiger partial charge on any atom is 0.411 e. The van der Waals surface area contributed by atoms with E-state index in [1.807, 2.05) is 70.0 Å². The van der Waals surface area contributed by atoms with Gasteiger partial charge in [0.05, 0.1) is 64.6 Å². The molecule has 0 radical (unpaired) electrons. The van der Waals surface area contributed by atoms with Gasteiger partial charge in [-0.05, 0) is 108 Å². The lowest BCUT2D eigenvalue weighted by molar-refractivity contribution is -0.135. The molecule has 3 aliphatic heterocycles. The summed E-state index contributed by atoms with van der Waals surface area (Å²) in [5.74, 6) is 1.13. The molecule has 14 nitrogen and oxygen atoms in total. The summed E-state index contributed by atoms with van der Waals surface area (Å²) in [6.07, 6.45) is 4.99. The monoisotopic (exact) mass is 904 g/mol. The van der Waals surface area contributed by atoms with Gasteiger partial charge in [-0.15, -0.1) is 11.3 Å². The van der Waals surface area contributed by atoms with Gasteiger partial charge in [0.2, 0.25) is 12.1 Å². The molecule has 2 aromatic carbocycles. The van der Waals surface area contributed by atoms with E-state index in [1.165, 1.54) is 18.1 Å². The fraction of sp³-hybridized carbons (Fsp3) is 0.449. The largest absolute Gasteiger partial charge is 0.464 e. The molecule has 2 fully saturated rings. The molecule has 4 aromatic heterocycles. The maximum atomic E-state index is 16.8. The Morgan fingerprint density at radius 3 is 2.38 bits per heavy atom. The molecule has 3 amide bonds. The Hall–Kier alpha value is -6.16. The van der Waals surface area contributed by atoms with Crippen molar-refractivity contribution < 1.29 is 33.0 Å².